The molecule has 0 aliphatic rings. The fraction of sp³-hybridized carbons (Fsp3) is 0.364. The van der Waals surface area contributed by atoms with Crippen LogP contribution >= 0.6 is 0 Å². The molecule has 0 saturated carbocycles. The summed E-state index contributed by atoms with van der Waals surface area (Å²) >= 11 is 0. The number of hydrogen-bond acceptors (Lipinski definition) is 1. The topological polar surface area (TPSA) is 17.8 Å². The van der Waals surface area contributed by atoms with E-state index < -0.39 is 0 Å². The van der Waals surface area contributed by atoms with Gasteiger partial charge >= 0.3 is 0 Å². The van der Waals surface area contributed by atoms with Crippen LogP contribution in [0.4, 0.5) is 4.39 Å². The number of halogens is 1. The third-order valence-electron chi connectivity index (χ3n) is 2.48. The van der Waals surface area contributed by atoms with Gasteiger partial charge in [-0.2, -0.15) is 5.10 Å². The minimum atomic E-state index is -0.189. The van der Waals surface area contributed by atoms with Gasteiger partial charge in [-0.1, -0.05) is 13.8 Å². The van der Waals surface area contributed by atoms with Crippen LogP contribution in [0, 0.1) is 5.82 Å². The summed E-state index contributed by atoms with van der Waals surface area (Å²) < 4.78 is 15.2. The van der Waals surface area contributed by atoms with Gasteiger partial charge < -0.3 is 0 Å². The van der Waals surface area contributed by atoms with E-state index >= 15 is 0 Å². The summed E-state index contributed by atoms with van der Waals surface area (Å²) in [7, 11) is 1.75. The molecule has 1 aromatic carbocycles. The van der Waals surface area contributed by atoms with Crippen molar-refractivity contribution >= 4 is 10.9 Å². The van der Waals surface area contributed by atoms with Crippen molar-refractivity contribution in [3.8, 4) is 0 Å². The summed E-state index contributed by atoms with van der Waals surface area (Å²) in [6.07, 6.45) is 1.70. The third kappa shape index (κ3) is 1.29. The largest absolute Gasteiger partial charge is 0.265 e. The van der Waals surface area contributed by atoms with E-state index in [0.29, 0.717) is 11.4 Å². The van der Waals surface area contributed by atoms with Crippen LogP contribution in [0.25, 0.3) is 10.9 Å². The van der Waals surface area contributed by atoms with Crippen molar-refractivity contribution in [3.63, 3.8) is 0 Å². The molecule has 1 heterocycles. The molecule has 0 bridgehead atoms. The first-order chi connectivity index (χ1) is 6.59. The summed E-state index contributed by atoms with van der Waals surface area (Å²) in [5.41, 5.74) is 1.59. The van der Waals surface area contributed by atoms with Crippen molar-refractivity contribution < 1.29 is 4.39 Å². The lowest BCUT2D eigenvalue weighted by Gasteiger charge is -2.06. The number of aromatic nitrogens is 2. The monoisotopic (exact) mass is 192 g/mol. The van der Waals surface area contributed by atoms with Gasteiger partial charge in [0.1, 0.15) is 11.3 Å². The molecule has 2 nitrogen and oxygen atoms in total. The number of hydrogen-bond donors (Lipinski definition) is 0. The van der Waals surface area contributed by atoms with Crippen molar-refractivity contribution in [2.45, 2.75) is 19.8 Å². The van der Waals surface area contributed by atoms with E-state index in [9.17, 15) is 4.39 Å². The molecule has 0 fully saturated rings. The highest BCUT2D eigenvalue weighted by Gasteiger charge is 2.09. The van der Waals surface area contributed by atoms with Crippen molar-refractivity contribution in [1.82, 2.24) is 9.78 Å². The van der Waals surface area contributed by atoms with E-state index in [1.807, 2.05) is 6.07 Å². The Morgan fingerprint density at radius 3 is 2.71 bits per heavy atom. The van der Waals surface area contributed by atoms with E-state index in [1.165, 1.54) is 0 Å². The Bertz CT molecular complexity index is 471. The fourth-order valence-electron chi connectivity index (χ4n) is 1.62. The number of rotatable bonds is 1. The Hall–Kier alpha value is -1.38. The Morgan fingerprint density at radius 1 is 1.36 bits per heavy atom. The first-order valence-electron chi connectivity index (χ1n) is 4.70. The molecule has 14 heavy (non-hydrogen) atoms. The van der Waals surface area contributed by atoms with Gasteiger partial charge in [0.25, 0.3) is 0 Å². The van der Waals surface area contributed by atoms with Gasteiger partial charge in [-0.15, -0.1) is 0 Å². The van der Waals surface area contributed by atoms with Crippen LogP contribution in [0.5, 0.6) is 0 Å². The Kier molecular flexibility index (Phi) is 2.02. The van der Waals surface area contributed by atoms with Crippen molar-refractivity contribution in [3.05, 3.63) is 29.7 Å². The summed E-state index contributed by atoms with van der Waals surface area (Å²) in [6, 6.07) is 3.59. The predicted molar refractivity (Wildman–Crippen MR) is 54.8 cm³/mol. The summed E-state index contributed by atoms with van der Waals surface area (Å²) in [4.78, 5) is 0. The Morgan fingerprint density at radius 2 is 2.07 bits per heavy atom. The fourth-order valence-corrected chi connectivity index (χ4v) is 1.62. The van der Waals surface area contributed by atoms with Gasteiger partial charge in [0, 0.05) is 12.4 Å². The molecule has 0 saturated heterocycles. The van der Waals surface area contributed by atoms with Gasteiger partial charge in [-0.05, 0) is 23.6 Å². The lowest BCUT2D eigenvalue weighted by atomic mass is 10.0. The zero-order valence-electron chi connectivity index (χ0n) is 8.58. The number of aryl methyl sites for hydroxylation is 1. The number of benzene rings is 1. The molecule has 2 aromatic rings. The molecule has 74 valence electrons. The molecule has 0 aliphatic carbocycles. The molecule has 0 aliphatic heterocycles. The van der Waals surface area contributed by atoms with Crippen LogP contribution in [0.15, 0.2) is 18.3 Å². The van der Waals surface area contributed by atoms with E-state index in [1.54, 1.807) is 24.0 Å². The Balaban J connectivity index is 2.74. The van der Waals surface area contributed by atoms with Gasteiger partial charge in [0.15, 0.2) is 0 Å². The highest BCUT2D eigenvalue weighted by Crippen LogP contribution is 2.23. The first kappa shape index (κ1) is 9.19. The van der Waals surface area contributed by atoms with E-state index in [0.717, 1.165) is 10.9 Å². The van der Waals surface area contributed by atoms with Crippen LogP contribution in [0.3, 0.4) is 0 Å². The maximum atomic E-state index is 13.6. The highest BCUT2D eigenvalue weighted by atomic mass is 19.1. The van der Waals surface area contributed by atoms with Gasteiger partial charge in [0.05, 0.1) is 6.20 Å². The molecule has 0 radical (unpaired) electrons. The average molecular weight is 192 g/mol. The van der Waals surface area contributed by atoms with Crippen molar-refractivity contribution in [2.24, 2.45) is 7.05 Å². The molecule has 0 unspecified atom stereocenters. The van der Waals surface area contributed by atoms with Crippen molar-refractivity contribution in [2.75, 3.05) is 0 Å². The standard InChI is InChI=1S/C11H13FN2/c1-7(2)8-4-9-6-13-14(3)11(9)10(12)5-8/h4-7H,1-3H3. The van der Waals surface area contributed by atoms with E-state index in [4.69, 9.17) is 0 Å². The van der Waals surface area contributed by atoms with E-state index in [2.05, 4.69) is 18.9 Å². The molecule has 0 spiro atoms. The quantitative estimate of drug-likeness (QED) is 0.679. The second-order valence-corrected chi connectivity index (χ2v) is 3.86. The molecule has 2 rings (SSSR count). The first-order valence-corrected chi connectivity index (χ1v) is 4.70. The van der Waals surface area contributed by atoms with Crippen LogP contribution in [0.2, 0.25) is 0 Å². The molecule has 1 aromatic heterocycles. The normalized spacial score (nSPS) is 11.5. The van der Waals surface area contributed by atoms with Crippen molar-refractivity contribution in [1.29, 1.82) is 0 Å². The number of fused-ring (bicyclic) bond motifs is 1. The summed E-state index contributed by atoms with van der Waals surface area (Å²) in [5, 5.41) is 4.91. The van der Waals surface area contributed by atoms with Crippen LogP contribution in [-0.2, 0) is 7.05 Å². The molecule has 3 heteroatoms. The lowest BCUT2D eigenvalue weighted by molar-refractivity contribution is 0.622. The maximum absolute atomic E-state index is 13.6. The smallest absolute Gasteiger partial charge is 0.149 e. The molecular weight excluding hydrogens is 179 g/mol. The molecule has 0 amide bonds. The number of nitrogens with zero attached hydrogens (tertiary/aromatic N) is 2. The van der Waals surface area contributed by atoms with Crippen LogP contribution < -0.4 is 0 Å². The second kappa shape index (κ2) is 3.08. The van der Waals surface area contributed by atoms with Crippen LogP contribution in [0.1, 0.15) is 25.3 Å². The molecule has 0 N–H and O–H groups in total. The third-order valence-corrected chi connectivity index (χ3v) is 2.48. The lowest BCUT2D eigenvalue weighted by Crippen LogP contribution is -1.94. The van der Waals surface area contributed by atoms with Crippen LogP contribution in [-0.4, -0.2) is 9.78 Å². The van der Waals surface area contributed by atoms with Gasteiger partial charge in [-0.25, -0.2) is 4.39 Å². The zero-order chi connectivity index (χ0) is 10.3. The summed E-state index contributed by atoms with van der Waals surface area (Å²) in [6.45, 7) is 4.11. The van der Waals surface area contributed by atoms with Gasteiger partial charge in [0.2, 0.25) is 0 Å². The minimum Gasteiger partial charge on any atom is -0.265 e. The van der Waals surface area contributed by atoms with E-state index in [-0.39, 0.29) is 5.82 Å². The zero-order valence-corrected chi connectivity index (χ0v) is 8.58. The maximum Gasteiger partial charge on any atom is 0.149 e. The average Bonchev–Trinajstić information content (AvgIpc) is 2.48. The second-order valence-electron chi connectivity index (χ2n) is 3.86. The van der Waals surface area contributed by atoms with Gasteiger partial charge in [-0.3, -0.25) is 4.68 Å². The molecular formula is C11H13FN2. The summed E-state index contributed by atoms with van der Waals surface area (Å²) in [5.74, 6) is 0.153. The predicted octanol–water partition coefficient (Wildman–Crippen LogP) is 2.84. The minimum absolute atomic E-state index is 0.189. The molecule has 0 atom stereocenters. The SMILES string of the molecule is CC(C)c1cc(F)c2c(cnn2C)c1. The highest BCUT2D eigenvalue weighted by molar-refractivity contribution is 5.80. The Labute approximate surface area is 82.3 Å².